The quantitative estimate of drug-likeness (QED) is 0.734. The fourth-order valence-corrected chi connectivity index (χ4v) is 3.07. The van der Waals surface area contributed by atoms with Crippen LogP contribution in [0.4, 0.5) is 5.13 Å². The average molecular weight is 340 g/mol. The Labute approximate surface area is 143 Å². The molecule has 6 heteroatoms. The molecule has 24 heavy (non-hydrogen) atoms. The van der Waals surface area contributed by atoms with Gasteiger partial charge < -0.3 is 15.6 Å². The lowest BCUT2D eigenvalue weighted by molar-refractivity contribution is 0.0696. The lowest BCUT2D eigenvalue weighted by Gasteiger charge is -2.08. The Balaban J connectivity index is 1.69. The van der Waals surface area contributed by atoms with E-state index in [9.17, 15) is 4.79 Å². The molecule has 1 heterocycles. The van der Waals surface area contributed by atoms with Gasteiger partial charge in [0.15, 0.2) is 5.13 Å². The zero-order chi connectivity index (χ0) is 17.1. The van der Waals surface area contributed by atoms with Gasteiger partial charge in [-0.1, -0.05) is 12.1 Å². The molecule has 1 aromatic heterocycles. The summed E-state index contributed by atoms with van der Waals surface area (Å²) < 4.78 is 5.72. The van der Waals surface area contributed by atoms with E-state index < -0.39 is 5.97 Å². The van der Waals surface area contributed by atoms with Crippen molar-refractivity contribution in [1.82, 2.24) is 4.98 Å². The molecule has 0 saturated heterocycles. The van der Waals surface area contributed by atoms with Crippen LogP contribution in [-0.4, -0.2) is 16.1 Å². The molecule has 0 radical (unpaired) electrons. The fourth-order valence-electron chi connectivity index (χ4n) is 2.35. The van der Waals surface area contributed by atoms with E-state index in [1.165, 1.54) is 11.3 Å². The van der Waals surface area contributed by atoms with Crippen LogP contribution in [0, 0.1) is 6.92 Å². The van der Waals surface area contributed by atoms with Crippen molar-refractivity contribution in [3.05, 3.63) is 64.5 Å². The van der Waals surface area contributed by atoms with E-state index in [-0.39, 0.29) is 5.56 Å². The van der Waals surface area contributed by atoms with Crippen molar-refractivity contribution < 1.29 is 14.6 Å². The number of carboxylic acid groups (broad SMARTS) is 1. The Morgan fingerprint density at radius 2 is 2.00 bits per heavy atom. The molecule has 0 amide bonds. The van der Waals surface area contributed by atoms with Crippen molar-refractivity contribution in [3.63, 3.8) is 0 Å². The maximum Gasteiger partial charge on any atom is 0.335 e. The standard InChI is InChI=1S/C18H16N2O3S/c1-11-16(20-18(19)24-11)13-5-7-15(8-6-13)23-10-12-3-2-4-14(9-12)17(21)22/h2-9H,10H2,1H3,(H2,19,20)(H,21,22). The number of hydrogen-bond acceptors (Lipinski definition) is 5. The van der Waals surface area contributed by atoms with E-state index in [4.69, 9.17) is 15.6 Å². The van der Waals surface area contributed by atoms with Crippen molar-refractivity contribution >= 4 is 22.4 Å². The van der Waals surface area contributed by atoms with Crippen LogP contribution in [0.15, 0.2) is 48.5 Å². The Bertz CT molecular complexity index is 872. The first-order chi connectivity index (χ1) is 11.5. The van der Waals surface area contributed by atoms with Crippen LogP contribution in [0.2, 0.25) is 0 Å². The first-order valence-corrected chi connectivity index (χ1v) is 8.13. The number of nitrogens with two attached hydrogens (primary N) is 1. The summed E-state index contributed by atoms with van der Waals surface area (Å²) >= 11 is 1.47. The summed E-state index contributed by atoms with van der Waals surface area (Å²) in [5.41, 5.74) is 8.67. The van der Waals surface area contributed by atoms with E-state index in [1.54, 1.807) is 18.2 Å². The van der Waals surface area contributed by atoms with Crippen molar-refractivity contribution in [1.29, 1.82) is 0 Å². The largest absolute Gasteiger partial charge is 0.489 e. The predicted molar refractivity (Wildman–Crippen MR) is 94.4 cm³/mol. The number of rotatable bonds is 5. The molecule has 3 aromatic rings. The van der Waals surface area contributed by atoms with Gasteiger partial charge in [-0.25, -0.2) is 9.78 Å². The second-order valence-corrected chi connectivity index (χ2v) is 6.51. The van der Waals surface area contributed by atoms with Gasteiger partial charge in [-0.3, -0.25) is 0 Å². The number of thiazole rings is 1. The van der Waals surface area contributed by atoms with E-state index in [0.717, 1.165) is 21.7 Å². The Kier molecular flexibility index (Phi) is 4.48. The third kappa shape index (κ3) is 3.55. The summed E-state index contributed by atoms with van der Waals surface area (Å²) in [5, 5.41) is 9.56. The molecule has 0 aliphatic heterocycles. The van der Waals surface area contributed by atoms with Crippen molar-refractivity contribution in [3.8, 4) is 17.0 Å². The van der Waals surface area contributed by atoms with Crippen LogP contribution >= 0.6 is 11.3 Å². The molecule has 0 saturated carbocycles. The lowest BCUT2D eigenvalue weighted by atomic mass is 10.1. The fraction of sp³-hybridized carbons (Fsp3) is 0.111. The predicted octanol–water partition coefficient (Wildman–Crippen LogP) is 3.98. The number of aryl methyl sites for hydroxylation is 1. The van der Waals surface area contributed by atoms with Crippen molar-refractivity contribution in [2.24, 2.45) is 0 Å². The second-order valence-electron chi connectivity index (χ2n) is 5.28. The Morgan fingerprint density at radius 3 is 2.62 bits per heavy atom. The number of nitrogens with zero attached hydrogens (tertiary/aromatic N) is 1. The van der Waals surface area contributed by atoms with E-state index in [1.807, 2.05) is 37.3 Å². The molecule has 0 fully saturated rings. The molecule has 5 nitrogen and oxygen atoms in total. The summed E-state index contributed by atoms with van der Waals surface area (Å²) in [6.45, 7) is 2.30. The van der Waals surface area contributed by atoms with Gasteiger partial charge >= 0.3 is 5.97 Å². The van der Waals surface area contributed by atoms with Crippen molar-refractivity contribution in [2.75, 3.05) is 5.73 Å². The summed E-state index contributed by atoms with van der Waals surface area (Å²) in [4.78, 5) is 16.4. The van der Waals surface area contributed by atoms with E-state index in [2.05, 4.69) is 4.98 Å². The number of anilines is 1. The topological polar surface area (TPSA) is 85.4 Å². The number of aromatic nitrogens is 1. The number of carbonyl (C=O) groups is 1. The van der Waals surface area contributed by atoms with E-state index in [0.29, 0.717) is 17.5 Å². The van der Waals surface area contributed by atoms with Crippen LogP contribution < -0.4 is 10.5 Å². The maximum absolute atomic E-state index is 11.0. The van der Waals surface area contributed by atoms with Gasteiger partial charge in [-0.05, 0) is 48.9 Å². The minimum absolute atomic E-state index is 0.253. The highest BCUT2D eigenvalue weighted by molar-refractivity contribution is 7.15. The van der Waals surface area contributed by atoms with Gasteiger partial charge in [0.25, 0.3) is 0 Å². The number of carboxylic acids is 1. The molecule has 2 aromatic carbocycles. The molecule has 122 valence electrons. The SMILES string of the molecule is Cc1sc(N)nc1-c1ccc(OCc2cccc(C(=O)O)c2)cc1. The second kappa shape index (κ2) is 6.72. The molecule has 3 N–H and O–H groups in total. The highest BCUT2D eigenvalue weighted by Gasteiger charge is 2.08. The molecule has 0 bridgehead atoms. The third-order valence-electron chi connectivity index (χ3n) is 3.52. The van der Waals surface area contributed by atoms with E-state index >= 15 is 0 Å². The van der Waals surface area contributed by atoms with Gasteiger partial charge in [0.1, 0.15) is 12.4 Å². The van der Waals surface area contributed by atoms with Crippen LogP contribution in [0.5, 0.6) is 5.75 Å². The molecule has 0 spiro atoms. The normalized spacial score (nSPS) is 10.5. The number of nitrogen functional groups attached to an aromatic ring is 1. The highest BCUT2D eigenvalue weighted by Crippen LogP contribution is 2.29. The lowest BCUT2D eigenvalue weighted by Crippen LogP contribution is -2.00. The molecule has 3 rings (SSSR count). The van der Waals surface area contributed by atoms with Crippen LogP contribution in [0.25, 0.3) is 11.3 Å². The first kappa shape index (κ1) is 16.0. The minimum Gasteiger partial charge on any atom is -0.489 e. The monoisotopic (exact) mass is 340 g/mol. The Hall–Kier alpha value is -2.86. The van der Waals surface area contributed by atoms with Crippen molar-refractivity contribution in [2.45, 2.75) is 13.5 Å². The number of ether oxygens (including phenoxy) is 1. The summed E-state index contributed by atoms with van der Waals surface area (Å²) in [7, 11) is 0. The third-order valence-corrected chi connectivity index (χ3v) is 4.32. The zero-order valence-corrected chi connectivity index (χ0v) is 13.8. The number of hydrogen-bond donors (Lipinski definition) is 2. The summed E-state index contributed by atoms with van der Waals surface area (Å²) in [6.07, 6.45) is 0. The molecule has 0 aliphatic carbocycles. The van der Waals surface area contributed by atoms with Crippen LogP contribution in [0.3, 0.4) is 0 Å². The highest BCUT2D eigenvalue weighted by atomic mass is 32.1. The van der Waals surface area contributed by atoms with Gasteiger partial charge in [-0.15, -0.1) is 11.3 Å². The molecule has 0 aliphatic rings. The first-order valence-electron chi connectivity index (χ1n) is 7.31. The molecular weight excluding hydrogens is 324 g/mol. The Morgan fingerprint density at radius 1 is 1.25 bits per heavy atom. The molecular formula is C18H16N2O3S. The van der Waals surface area contributed by atoms with Crippen LogP contribution in [0.1, 0.15) is 20.8 Å². The number of aromatic carboxylic acids is 1. The van der Waals surface area contributed by atoms with Gasteiger partial charge in [0.2, 0.25) is 0 Å². The average Bonchev–Trinajstić information content (AvgIpc) is 2.92. The van der Waals surface area contributed by atoms with Gasteiger partial charge in [0.05, 0.1) is 11.3 Å². The van der Waals surface area contributed by atoms with Crippen LogP contribution in [-0.2, 0) is 6.61 Å². The number of benzene rings is 2. The van der Waals surface area contributed by atoms with Gasteiger partial charge in [0, 0.05) is 10.4 Å². The smallest absolute Gasteiger partial charge is 0.335 e. The molecule has 0 unspecified atom stereocenters. The molecule has 0 atom stereocenters. The van der Waals surface area contributed by atoms with Gasteiger partial charge in [-0.2, -0.15) is 0 Å². The summed E-state index contributed by atoms with van der Waals surface area (Å²) in [5.74, 6) is -0.237. The maximum atomic E-state index is 11.0. The minimum atomic E-state index is -0.945. The zero-order valence-electron chi connectivity index (χ0n) is 13.0. The summed E-state index contributed by atoms with van der Waals surface area (Å²) in [6, 6.07) is 14.3.